The lowest BCUT2D eigenvalue weighted by molar-refractivity contribution is -0.137. The molecule has 2 heterocycles. The summed E-state index contributed by atoms with van der Waals surface area (Å²) in [6.45, 7) is 2.72. The minimum Gasteiger partial charge on any atom is -0.481 e. The smallest absolute Gasteiger partial charge is 0.303 e. The Morgan fingerprint density at radius 3 is 2.59 bits per heavy atom. The number of carboxylic acids is 1. The normalized spacial score (nSPS) is 11.8. The molecule has 0 radical (unpaired) electrons. The van der Waals surface area contributed by atoms with Gasteiger partial charge in [-0.15, -0.1) is 0 Å². The fraction of sp³-hybridized carbons (Fsp3) is 0.500. The minimum absolute atomic E-state index is 0.0250. The highest BCUT2D eigenvalue weighted by molar-refractivity contribution is 5.69. The molecule has 0 saturated carbocycles. The van der Waals surface area contributed by atoms with Gasteiger partial charge in [0.1, 0.15) is 5.82 Å². The van der Waals surface area contributed by atoms with Gasteiger partial charge in [-0.3, -0.25) is 9.59 Å². The standard InChI is InChI=1S/C20H28N6O3/c1-2-22-20-25-16(10-17(21)26-20)8-6-4-3-5-7-14(9-19(28)29)15-11-23-18(13-27)24-12-15/h10-14H,2-9H2,1H3,(H,28,29)(H3,21,22,25,26). The zero-order valence-corrected chi connectivity index (χ0v) is 16.7. The fourth-order valence-electron chi connectivity index (χ4n) is 3.15. The van der Waals surface area contributed by atoms with Gasteiger partial charge in [0, 0.05) is 30.7 Å². The second-order valence-corrected chi connectivity index (χ2v) is 6.88. The van der Waals surface area contributed by atoms with E-state index in [9.17, 15) is 14.7 Å². The monoisotopic (exact) mass is 400 g/mol. The summed E-state index contributed by atoms with van der Waals surface area (Å²) < 4.78 is 0. The van der Waals surface area contributed by atoms with Gasteiger partial charge >= 0.3 is 5.97 Å². The second-order valence-electron chi connectivity index (χ2n) is 6.88. The number of nitrogen functional groups attached to an aromatic ring is 1. The summed E-state index contributed by atoms with van der Waals surface area (Å²) >= 11 is 0. The summed E-state index contributed by atoms with van der Waals surface area (Å²) in [7, 11) is 0. The van der Waals surface area contributed by atoms with E-state index in [1.165, 1.54) is 0 Å². The number of aldehydes is 1. The van der Waals surface area contributed by atoms with Crippen molar-refractivity contribution in [1.82, 2.24) is 19.9 Å². The quantitative estimate of drug-likeness (QED) is 0.341. The van der Waals surface area contributed by atoms with Gasteiger partial charge in [-0.05, 0) is 37.7 Å². The topological polar surface area (TPSA) is 144 Å². The zero-order valence-electron chi connectivity index (χ0n) is 16.7. The summed E-state index contributed by atoms with van der Waals surface area (Å²) in [6, 6.07) is 1.80. The first-order valence-corrected chi connectivity index (χ1v) is 9.88. The molecule has 0 amide bonds. The number of carboxylic acid groups (broad SMARTS) is 1. The van der Waals surface area contributed by atoms with E-state index in [0.717, 1.165) is 56.3 Å². The van der Waals surface area contributed by atoms with E-state index < -0.39 is 5.97 Å². The molecule has 4 N–H and O–H groups in total. The lowest BCUT2D eigenvalue weighted by Gasteiger charge is -2.14. The number of aryl methyl sites for hydroxylation is 1. The third kappa shape index (κ3) is 7.81. The van der Waals surface area contributed by atoms with Crippen LogP contribution in [0.15, 0.2) is 18.5 Å². The van der Waals surface area contributed by atoms with Gasteiger partial charge in [0.05, 0.1) is 6.42 Å². The summed E-state index contributed by atoms with van der Waals surface area (Å²) in [5.74, 6) is 0.113. The average molecular weight is 400 g/mol. The lowest BCUT2D eigenvalue weighted by Crippen LogP contribution is -2.08. The SMILES string of the molecule is CCNc1nc(N)cc(CCCCCCC(CC(=O)O)c2cnc(C=O)nc2)n1. The number of anilines is 2. The van der Waals surface area contributed by atoms with Crippen LogP contribution in [0, 0.1) is 0 Å². The van der Waals surface area contributed by atoms with Gasteiger partial charge in [0.15, 0.2) is 12.1 Å². The molecular weight excluding hydrogens is 372 g/mol. The van der Waals surface area contributed by atoms with Crippen molar-refractivity contribution in [2.24, 2.45) is 0 Å². The van der Waals surface area contributed by atoms with Gasteiger partial charge < -0.3 is 16.2 Å². The fourth-order valence-corrected chi connectivity index (χ4v) is 3.15. The number of nitrogens with two attached hydrogens (primary N) is 1. The summed E-state index contributed by atoms with van der Waals surface area (Å²) in [6.07, 6.45) is 9.14. The molecule has 0 aliphatic rings. The molecule has 2 aromatic heterocycles. The summed E-state index contributed by atoms with van der Waals surface area (Å²) in [5, 5.41) is 12.2. The van der Waals surface area contributed by atoms with Crippen LogP contribution in [0.3, 0.4) is 0 Å². The van der Waals surface area contributed by atoms with Gasteiger partial charge in [0.25, 0.3) is 0 Å². The second kappa shape index (κ2) is 11.7. The van der Waals surface area contributed by atoms with E-state index in [2.05, 4.69) is 25.3 Å². The largest absolute Gasteiger partial charge is 0.481 e. The molecule has 0 bridgehead atoms. The van der Waals surface area contributed by atoms with Crippen molar-refractivity contribution in [3.63, 3.8) is 0 Å². The summed E-state index contributed by atoms with van der Waals surface area (Å²) in [5.41, 5.74) is 7.50. The molecule has 1 atom stereocenters. The Labute approximate surface area is 170 Å². The maximum absolute atomic E-state index is 11.2. The van der Waals surface area contributed by atoms with Crippen LogP contribution in [-0.2, 0) is 11.2 Å². The Kier molecular flexibility index (Phi) is 8.94. The Morgan fingerprint density at radius 2 is 1.93 bits per heavy atom. The predicted octanol–water partition coefficient (Wildman–Crippen LogP) is 2.84. The Balaban J connectivity index is 1.78. The summed E-state index contributed by atoms with van der Waals surface area (Å²) in [4.78, 5) is 38.3. The minimum atomic E-state index is -0.854. The number of rotatable bonds is 13. The Bertz CT molecular complexity index is 797. The average Bonchev–Trinajstić information content (AvgIpc) is 2.69. The first-order valence-electron chi connectivity index (χ1n) is 9.88. The van der Waals surface area contributed by atoms with Crippen LogP contribution >= 0.6 is 0 Å². The Morgan fingerprint density at radius 1 is 1.21 bits per heavy atom. The van der Waals surface area contributed by atoms with Gasteiger partial charge in [-0.1, -0.05) is 19.3 Å². The maximum Gasteiger partial charge on any atom is 0.303 e. The maximum atomic E-state index is 11.2. The number of nitrogens with one attached hydrogen (secondary N) is 1. The van der Waals surface area contributed by atoms with Crippen molar-refractivity contribution in [1.29, 1.82) is 0 Å². The zero-order chi connectivity index (χ0) is 21.1. The molecule has 0 aliphatic carbocycles. The number of hydrogen-bond acceptors (Lipinski definition) is 8. The van der Waals surface area contributed by atoms with E-state index >= 15 is 0 Å². The van der Waals surface area contributed by atoms with E-state index in [4.69, 9.17) is 5.73 Å². The number of nitrogens with zero attached hydrogens (tertiary/aromatic N) is 4. The van der Waals surface area contributed by atoms with E-state index in [1.807, 2.05) is 6.92 Å². The van der Waals surface area contributed by atoms with Gasteiger partial charge in [0.2, 0.25) is 5.95 Å². The van der Waals surface area contributed by atoms with Gasteiger partial charge in [-0.2, -0.15) is 4.98 Å². The molecule has 9 nitrogen and oxygen atoms in total. The lowest BCUT2D eigenvalue weighted by atomic mass is 9.92. The molecule has 0 fully saturated rings. The number of unbranched alkanes of at least 4 members (excludes halogenated alkanes) is 3. The van der Waals surface area contributed by atoms with Crippen molar-refractivity contribution in [2.45, 2.75) is 57.8 Å². The third-order valence-electron chi connectivity index (χ3n) is 4.56. The molecule has 1 unspecified atom stereocenters. The van der Waals surface area contributed by atoms with Crippen molar-refractivity contribution in [3.8, 4) is 0 Å². The highest BCUT2D eigenvalue weighted by Gasteiger charge is 2.16. The van der Waals surface area contributed by atoms with E-state index in [1.54, 1.807) is 18.5 Å². The van der Waals surface area contributed by atoms with Crippen molar-refractivity contribution in [2.75, 3.05) is 17.6 Å². The molecule has 0 saturated heterocycles. The molecule has 156 valence electrons. The van der Waals surface area contributed by atoms with Crippen molar-refractivity contribution >= 4 is 24.0 Å². The molecule has 0 aliphatic heterocycles. The van der Waals surface area contributed by atoms with Crippen LogP contribution in [0.4, 0.5) is 11.8 Å². The number of aliphatic carboxylic acids is 1. The molecular formula is C20H28N6O3. The number of carbonyl (C=O) groups excluding carboxylic acids is 1. The molecule has 2 rings (SSSR count). The van der Waals surface area contributed by atoms with Crippen LogP contribution in [-0.4, -0.2) is 43.8 Å². The molecule has 9 heteroatoms. The first-order chi connectivity index (χ1) is 14.0. The van der Waals surface area contributed by atoms with Crippen LogP contribution in [0.25, 0.3) is 0 Å². The first kappa shape index (κ1) is 22.2. The van der Waals surface area contributed by atoms with E-state index in [-0.39, 0.29) is 18.2 Å². The van der Waals surface area contributed by atoms with Crippen molar-refractivity contribution < 1.29 is 14.7 Å². The number of aromatic nitrogens is 4. The Hall–Kier alpha value is -3.10. The van der Waals surface area contributed by atoms with Crippen molar-refractivity contribution in [3.05, 3.63) is 35.5 Å². The molecule has 0 spiro atoms. The molecule has 0 aromatic carbocycles. The van der Waals surface area contributed by atoms with E-state index in [0.29, 0.717) is 18.1 Å². The highest BCUT2D eigenvalue weighted by atomic mass is 16.4. The predicted molar refractivity (Wildman–Crippen MR) is 110 cm³/mol. The highest BCUT2D eigenvalue weighted by Crippen LogP contribution is 2.25. The van der Waals surface area contributed by atoms with Crippen LogP contribution in [0.5, 0.6) is 0 Å². The number of hydrogen-bond donors (Lipinski definition) is 3. The van der Waals surface area contributed by atoms with Gasteiger partial charge in [-0.25, -0.2) is 15.0 Å². The third-order valence-corrected chi connectivity index (χ3v) is 4.56. The molecule has 2 aromatic rings. The van der Waals surface area contributed by atoms with Crippen LogP contribution in [0.2, 0.25) is 0 Å². The van der Waals surface area contributed by atoms with Crippen LogP contribution < -0.4 is 11.1 Å². The molecule has 29 heavy (non-hydrogen) atoms. The van der Waals surface area contributed by atoms with Crippen LogP contribution in [0.1, 0.15) is 73.2 Å². The number of carbonyl (C=O) groups is 2.